The summed E-state index contributed by atoms with van der Waals surface area (Å²) in [7, 11) is -2.50. The quantitative estimate of drug-likeness (QED) is 0.544. The normalized spacial score (nSPS) is 16.0. The van der Waals surface area contributed by atoms with Crippen LogP contribution in [0.15, 0.2) is 0 Å². The molecule has 7 heteroatoms. The number of hydrogen-bond acceptors (Lipinski definition) is 3. The summed E-state index contributed by atoms with van der Waals surface area (Å²) in [6.07, 6.45) is 0.848. The van der Waals surface area contributed by atoms with Gasteiger partial charge in [0.2, 0.25) is 21.3 Å². The van der Waals surface area contributed by atoms with Crippen LogP contribution in [0.3, 0.4) is 0 Å². The third kappa shape index (κ3) is 2.89. The van der Waals surface area contributed by atoms with Crippen LogP contribution in [-0.2, 0) is 21.3 Å². The standard InChI is InChI=1S/C2H7NO4S2/c1-3(8(4)5)9(2,6)7/h1-2H3,(H,4,5). The lowest BCUT2D eigenvalue weighted by molar-refractivity contribution is 0.507. The smallest absolute Gasteiger partial charge is 0.248 e. The minimum atomic E-state index is -3.52. The van der Waals surface area contributed by atoms with Gasteiger partial charge in [0.25, 0.3) is 0 Å². The van der Waals surface area contributed by atoms with Crippen molar-refractivity contribution in [2.75, 3.05) is 13.3 Å². The van der Waals surface area contributed by atoms with Gasteiger partial charge in [-0.1, -0.05) is 3.71 Å². The highest BCUT2D eigenvalue weighted by Crippen LogP contribution is 1.93. The summed E-state index contributed by atoms with van der Waals surface area (Å²) in [5.41, 5.74) is 0. The molecule has 9 heavy (non-hydrogen) atoms. The first-order valence-corrected chi connectivity index (χ1v) is 4.82. The van der Waals surface area contributed by atoms with Crippen LogP contribution < -0.4 is 0 Å². The fraction of sp³-hybridized carbons (Fsp3) is 1.00. The largest absolute Gasteiger partial charge is 0.293 e. The average molecular weight is 173 g/mol. The van der Waals surface area contributed by atoms with Gasteiger partial charge in [0.05, 0.1) is 6.26 Å². The summed E-state index contributed by atoms with van der Waals surface area (Å²) in [5, 5.41) is 0. The summed E-state index contributed by atoms with van der Waals surface area (Å²) in [4.78, 5) is 0. The maximum absolute atomic E-state index is 10.3. The van der Waals surface area contributed by atoms with Gasteiger partial charge in [-0.3, -0.25) is 4.55 Å². The Hall–Kier alpha value is 0.0200. The monoisotopic (exact) mass is 173 g/mol. The van der Waals surface area contributed by atoms with Gasteiger partial charge in [0.15, 0.2) is 0 Å². The number of rotatable bonds is 2. The van der Waals surface area contributed by atoms with Crippen molar-refractivity contribution >= 4 is 21.3 Å². The van der Waals surface area contributed by atoms with E-state index in [0.717, 1.165) is 13.3 Å². The minimum absolute atomic E-state index is 0.354. The van der Waals surface area contributed by atoms with E-state index >= 15 is 0 Å². The lowest BCUT2D eigenvalue weighted by Gasteiger charge is -2.05. The average Bonchev–Trinajstić information content (AvgIpc) is 1.62. The molecule has 0 aromatic carbocycles. The Kier molecular flexibility index (Phi) is 2.74. The third-order valence-corrected chi connectivity index (χ3v) is 3.26. The van der Waals surface area contributed by atoms with Crippen LogP contribution in [-0.4, -0.2) is 34.2 Å². The van der Waals surface area contributed by atoms with Crippen LogP contribution in [0.1, 0.15) is 0 Å². The lowest BCUT2D eigenvalue weighted by atomic mass is 11.6. The molecule has 0 aliphatic heterocycles. The molecule has 56 valence electrons. The fourth-order valence-electron chi connectivity index (χ4n) is 0.116. The molecular formula is C2H7NO4S2. The molecule has 0 heterocycles. The first-order chi connectivity index (χ1) is 3.85. The van der Waals surface area contributed by atoms with Crippen LogP contribution in [0.5, 0.6) is 0 Å². The molecule has 0 saturated heterocycles. The molecule has 1 N–H and O–H groups in total. The first kappa shape index (κ1) is 9.02. The van der Waals surface area contributed by atoms with Gasteiger partial charge in [0, 0.05) is 7.05 Å². The van der Waals surface area contributed by atoms with Crippen LogP contribution in [0.2, 0.25) is 0 Å². The van der Waals surface area contributed by atoms with Crippen molar-refractivity contribution in [1.82, 2.24) is 3.71 Å². The van der Waals surface area contributed by atoms with Crippen LogP contribution in [0.4, 0.5) is 0 Å². The van der Waals surface area contributed by atoms with Gasteiger partial charge >= 0.3 is 0 Å². The van der Waals surface area contributed by atoms with Gasteiger partial charge in [0.1, 0.15) is 0 Å². The van der Waals surface area contributed by atoms with E-state index in [0.29, 0.717) is 3.71 Å². The molecule has 0 saturated carbocycles. The van der Waals surface area contributed by atoms with Crippen molar-refractivity contribution in [1.29, 1.82) is 0 Å². The Morgan fingerprint density at radius 3 is 1.89 bits per heavy atom. The molecule has 1 unspecified atom stereocenters. The van der Waals surface area contributed by atoms with Crippen molar-refractivity contribution in [3.8, 4) is 0 Å². The molecule has 0 aromatic rings. The molecule has 5 nitrogen and oxygen atoms in total. The second-order valence-corrected chi connectivity index (χ2v) is 4.66. The number of sulfonamides is 1. The predicted octanol–water partition coefficient (Wildman–Crippen LogP) is -0.985. The van der Waals surface area contributed by atoms with Crippen molar-refractivity contribution < 1.29 is 17.2 Å². The highest BCUT2D eigenvalue weighted by atomic mass is 32.3. The summed E-state index contributed by atoms with van der Waals surface area (Å²) in [5.74, 6) is 0. The Bertz CT molecular complexity index is 207. The SMILES string of the molecule is CN(S(=O)O)S(C)(=O)=O. The van der Waals surface area contributed by atoms with Gasteiger partial charge in [-0.25, -0.2) is 12.6 Å². The zero-order valence-electron chi connectivity index (χ0n) is 4.94. The molecule has 0 fully saturated rings. The topological polar surface area (TPSA) is 74.7 Å². The highest BCUT2D eigenvalue weighted by molar-refractivity contribution is 7.98. The van der Waals surface area contributed by atoms with Crippen molar-refractivity contribution in [2.24, 2.45) is 0 Å². The van der Waals surface area contributed by atoms with E-state index in [1.54, 1.807) is 0 Å². The van der Waals surface area contributed by atoms with E-state index in [2.05, 4.69) is 0 Å². The second-order valence-electron chi connectivity index (χ2n) is 1.40. The maximum Gasteiger partial charge on any atom is 0.248 e. The highest BCUT2D eigenvalue weighted by Gasteiger charge is 2.15. The Labute approximate surface area is 56.1 Å². The van der Waals surface area contributed by atoms with E-state index < -0.39 is 21.3 Å². The van der Waals surface area contributed by atoms with Gasteiger partial charge in [-0.15, -0.1) is 0 Å². The fourth-order valence-corrected chi connectivity index (χ4v) is 1.04. The predicted molar refractivity (Wildman–Crippen MR) is 33.4 cm³/mol. The van der Waals surface area contributed by atoms with Gasteiger partial charge in [-0.05, 0) is 0 Å². The van der Waals surface area contributed by atoms with Crippen LogP contribution in [0.25, 0.3) is 0 Å². The molecule has 0 bridgehead atoms. The zero-order valence-corrected chi connectivity index (χ0v) is 6.57. The zero-order chi connectivity index (χ0) is 7.65. The summed E-state index contributed by atoms with van der Waals surface area (Å²) in [6, 6.07) is 0. The van der Waals surface area contributed by atoms with Gasteiger partial charge < -0.3 is 0 Å². The van der Waals surface area contributed by atoms with Crippen molar-refractivity contribution in [2.45, 2.75) is 0 Å². The molecular weight excluding hydrogens is 166 g/mol. The molecule has 0 rings (SSSR count). The van der Waals surface area contributed by atoms with Gasteiger partial charge in [-0.2, -0.15) is 0 Å². The number of nitrogens with zero attached hydrogens (tertiary/aromatic N) is 1. The van der Waals surface area contributed by atoms with Crippen LogP contribution in [0, 0.1) is 0 Å². The van der Waals surface area contributed by atoms with E-state index in [4.69, 9.17) is 4.55 Å². The minimum Gasteiger partial charge on any atom is -0.293 e. The Morgan fingerprint density at radius 1 is 1.56 bits per heavy atom. The molecule has 0 radical (unpaired) electrons. The molecule has 0 amide bonds. The van der Waals surface area contributed by atoms with Crippen molar-refractivity contribution in [3.63, 3.8) is 0 Å². The number of hydrogen-bond donors (Lipinski definition) is 1. The molecule has 1 atom stereocenters. The maximum atomic E-state index is 10.3. The Balaban J connectivity index is 4.43. The third-order valence-electron chi connectivity index (χ3n) is 0.687. The lowest BCUT2D eigenvalue weighted by Crippen LogP contribution is -2.26. The van der Waals surface area contributed by atoms with Crippen LogP contribution >= 0.6 is 0 Å². The summed E-state index contributed by atoms with van der Waals surface area (Å²) >= 11 is -2.43. The molecule has 0 aliphatic rings. The molecule has 0 spiro atoms. The van der Waals surface area contributed by atoms with E-state index in [1.165, 1.54) is 0 Å². The molecule has 0 aliphatic carbocycles. The summed E-state index contributed by atoms with van der Waals surface area (Å²) in [6.45, 7) is 0. The second kappa shape index (κ2) is 2.74. The molecule has 0 aromatic heterocycles. The van der Waals surface area contributed by atoms with Crippen molar-refractivity contribution in [3.05, 3.63) is 0 Å². The van der Waals surface area contributed by atoms with E-state index in [-0.39, 0.29) is 0 Å². The first-order valence-electron chi connectivity index (χ1n) is 1.90. The van der Waals surface area contributed by atoms with E-state index in [9.17, 15) is 12.6 Å². The van der Waals surface area contributed by atoms with E-state index in [1.807, 2.05) is 0 Å². The summed E-state index contributed by atoms with van der Waals surface area (Å²) < 4.78 is 39.2. The Morgan fingerprint density at radius 2 is 1.89 bits per heavy atom.